The molecule has 302 valence electrons. The SMILES string of the molecule is C=CC(=O)OCCCCCNC(=O)OC(COc1ccccc1)COc1cccc(OCC(COc2ccccc2)OC(=O)NCCCCCOC(=O)C=C)c1. The highest BCUT2D eigenvalue weighted by Crippen LogP contribution is 2.21. The molecule has 3 aromatic rings. The summed E-state index contributed by atoms with van der Waals surface area (Å²) in [5.74, 6) is 1.19. The molecule has 2 unspecified atom stereocenters. The topological polar surface area (TPSA) is 166 Å². The first-order valence-corrected chi connectivity index (χ1v) is 18.5. The van der Waals surface area contributed by atoms with Gasteiger partial charge in [0.2, 0.25) is 0 Å². The van der Waals surface area contributed by atoms with E-state index in [0.717, 1.165) is 25.0 Å². The molecule has 14 nitrogen and oxygen atoms in total. The number of nitrogens with one attached hydrogen (secondary N) is 2. The van der Waals surface area contributed by atoms with Crippen molar-refractivity contribution in [1.29, 1.82) is 0 Å². The molecule has 0 saturated heterocycles. The fraction of sp³-hybridized carbons (Fsp3) is 0.381. The van der Waals surface area contributed by atoms with Crippen molar-refractivity contribution in [3.05, 3.63) is 110 Å². The molecule has 0 aliphatic carbocycles. The van der Waals surface area contributed by atoms with Gasteiger partial charge in [-0.2, -0.15) is 0 Å². The van der Waals surface area contributed by atoms with Crippen LogP contribution in [0, 0.1) is 0 Å². The Morgan fingerprint density at radius 3 is 1.27 bits per heavy atom. The van der Waals surface area contributed by atoms with Gasteiger partial charge >= 0.3 is 24.1 Å². The van der Waals surface area contributed by atoms with E-state index in [1.807, 2.05) is 36.4 Å². The van der Waals surface area contributed by atoms with Crippen molar-refractivity contribution in [3.8, 4) is 23.0 Å². The Hall–Kier alpha value is -6.18. The van der Waals surface area contributed by atoms with Crippen molar-refractivity contribution in [3.63, 3.8) is 0 Å². The Kier molecular flexibility index (Phi) is 21.6. The van der Waals surface area contributed by atoms with Gasteiger partial charge in [0.1, 0.15) is 49.4 Å². The summed E-state index contributed by atoms with van der Waals surface area (Å²) < 4.78 is 44.9. The van der Waals surface area contributed by atoms with Crippen LogP contribution in [0.25, 0.3) is 0 Å². The number of esters is 2. The van der Waals surface area contributed by atoms with Gasteiger partial charge in [-0.15, -0.1) is 0 Å². The summed E-state index contributed by atoms with van der Waals surface area (Å²) >= 11 is 0. The minimum Gasteiger partial charge on any atom is -0.490 e. The largest absolute Gasteiger partial charge is 0.490 e. The zero-order valence-electron chi connectivity index (χ0n) is 31.6. The Morgan fingerprint density at radius 1 is 0.500 bits per heavy atom. The molecule has 0 bridgehead atoms. The molecule has 2 amide bonds. The van der Waals surface area contributed by atoms with Crippen LogP contribution in [0.15, 0.2) is 110 Å². The summed E-state index contributed by atoms with van der Waals surface area (Å²) in [6.07, 6.45) is 3.60. The predicted molar refractivity (Wildman–Crippen MR) is 208 cm³/mol. The number of unbranched alkanes of at least 4 members (excludes halogenated alkanes) is 4. The van der Waals surface area contributed by atoms with Gasteiger partial charge in [-0.05, 0) is 74.9 Å². The molecule has 2 N–H and O–H groups in total. The van der Waals surface area contributed by atoms with Crippen molar-refractivity contribution in [2.75, 3.05) is 52.7 Å². The molecule has 14 heteroatoms. The third-order valence-corrected chi connectivity index (χ3v) is 7.59. The Morgan fingerprint density at radius 2 is 0.875 bits per heavy atom. The number of alkyl carbamates (subject to hydrolysis) is 2. The Labute approximate surface area is 328 Å². The molecule has 0 spiro atoms. The van der Waals surface area contributed by atoms with E-state index in [4.69, 9.17) is 37.9 Å². The summed E-state index contributed by atoms with van der Waals surface area (Å²) in [4.78, 5) is 47.6. The molecule has 0 aliphatic heterocycles. The standard InChI is InChI=1S/C42H52N2O12/c1-3-39(45)49-26-15-7-13-24-43-41(47)55-37(29-51-33-18-9-5-10-19-33)31-53-35-22-17-23-36(28-35)54-32-38(30-52-34-20-11-6-12-21-34)56-42(48)44-25-14-8-16-27-50-40(46)4-2/h3-6,9-12,17-23,28,37-38H,1-2,7-8,13-16,24-27,29-32H2,(H,43,47)(H,44,48). The summed E-state index contributed by atoms with van der Waals surface area (Å²) in [6.45, 7) is 8.08. The van der Waals surface area contributed by atoms with Crippen LogP contribution >= 0.6 is 0 Å². The maximum atomic E-state index is 12.6. The molecule has 0 aromatic heterocycles. The van der Waals surface area contributed by atoms with E-state index < -0.39 is 36.3 Å². The highest BCUT2D eigenvalue weighted by atomic mass is 16.6. The van der Waals surface area contributed by atoms with Crippen LogP contribution in [0.4, 0.5) is 9.59 Å². The number of para-hydroxylation sites is 2. The van der Waals surface area contributed by atoms with Gasteiger partial charge in [-0.3, -0.25) is 0 Å². The van der Waals surface area contributed by atoms with Gasteiger partial charge in [-0.1, -0.05) is 55.6 Å². The third kappa shape index (κ3) is 20.3. The average Bonchev–Trinajstić information content (AvgIpc) is 3.22. The van der Waals surface area contributed by atoms with Gasteiger partial charge in [0, 0.05) is 31.3 Å². The first-order valence-electron chi connectivity index (χ1n) is 18.5. The van der Waals surface area contributed by atoms with Gasteiger partial charge < -0.3 is 48.5 Å². The second-order valence-electron chi connectivity index (χ2n) is 12.1. The lowest BCUT2D eigenvalue weighted by Crippen LogP contribution is -2.36. The minimum atomic E-state index is -0.765. The highest BCUT2D eigenvalue weighted by molar-refractivity contribution is 5.81. The van der Waals surface area contributed by atoms with Crippen LogP contribution in [-0.2, 0) is 28.5 Å². The van der Waals surface area contributed by atoms with E-state index in [1.54, 1.807) is 48.5 Å². The fourth-order valence-corrected chi connectivity index (χ4v) is 4.71. The van der Waals surface area contributed by atoms with Gasteiger partial charge in [0.15, 0.2) is 12.2 Å². The summed E-state index contributed by atoms with van der Waals surface area (Å²) in [5, 5.41) is 5.47. The van der Waals surface area contributed by atoms with Crippen LogP contribution in [-0.4, -0.2) is 89.1 Å². The highest BCUT2D eigenvalue weighted by Gasteiger charge is 2.19. The number of hydrogen-bond donors (Lipinski definition) is 2. The second kappa shape index (κ2) is 27.4. The number of hydrogen-bond acceptors (Lipinski definition) is 12. The van der Waals surface area contributed by atoms with Crippen molar-refractivity contribution in [2.24, 2.45) is 0 Å². The number of carbonyl (C=O) groups excluding carboxylic acids is 4. The summed E-state index contributed by atoms with van der Waals surface area (Å²) in [6, 6.07) is 25.2. The van der Waals surface area contributed by atoms with Crippen LogP contribution < -0.4 is 29.6 Å². The lowest BCUT2D eigenvalue weighted by atomic mass is 10.2. The van der Waals surface area contributed by atoms with Crippen molar-refractivity contribution < 1.29 is 57.1 Å². The molecule has 2 atom stereocenters. The normalized spacial score (nSPS) is 11.4. The Balaban J connectivity index is 1.50. The lowest BCUT2D eigenvalue weighted by molar-refractivity contribution is -0.138. The van der Waals surface area contributed by atoms with Gasteiger partial charge in [0.25, 0.3) is 0 Å². The van der Waals surface area contributed by atoms with E-state index in [9.17, 15) is 19.2 Å². The molecule has 0 radical (unpaired) electrons. The van der Waals surface area contributed by atoms with Gasteiger partial charge in [-0.25, -0.2) is 19.2 Å². The molecule has 3 rings (SSSR count). The average molecular weight is 777 g/mol. The number of rotatable bonds is 28. The van der Waals surface area contributed by atoms with Crippen molar-refractivity contribution in [1.82, 2.24) is 10.6 Å². The van der Waals surface area contributed by atoms with E-state index in [-0.39, 0.29) is 39.6 Å². The molecule has 0 aliphatic rings. The van der Waals surface area contributed by atoms with Crippen LogP contribution in [0.5, 0.6) is 23.0 Å². The van der Waals surface area contributed by atoms with E-state index in [2.05, 4.69) is 23.8 Å². The zero-order valence-corrected chi connectivity index (χ0v) is 31.6. The molecule has 0 fully saturated rings. The lowest BCUT2D eigenvalue weighted by Gasteiger charge is -2.21. The minimum absolute atomic E-state index is 0.0187. The zero-order chi connectivity index (χ0) is 40.1. The molecule has 0 saturated carbocycles. The number of amides is 2. The summed E-state index contributed by atoms with van der Waals surface area (Å²) in [5.41, 5.74) is 0. The maximum Gasteiger partial charge on any atom is 0.407 e. The van der Waals surface area contributed by atoms with Crippen LogP contribution in [0.3, 0.4) is 0 Å². The number of ether oxygens (including phenoxy) is 8. The van der Waals surface area contributed by atoms with E-state index in [1.165, 1.54) is 0 Å². The van der Waals surface area contributed by atoms with E-state index >= 15 is 0 Å². The molecular weight excluding hydrogens is 724 g/mol. The number of benzene rings is 3. The quantitative estimate of drug-likeness (QED) is 0.0352. The monoisotopic (exact) mass is 776 g/mol. The fourth-order valence-electron chi connectivity index (χ4n) is 4.71. The van der Waals surface area contributed by atoms with Crippen molar-refractivity contribution >= 4 is 24.1 Å². The molecule has 0 heterocycles. The number of carbonyl (C=O) groups is 4. The predicted octanol–water partition coefficient (Wildman–Crippen LogP) is 6.59. The van der Waals surface area contributed by atoms with E-state index in [0.29, 0.717) is 61.8 Å². The third-order valence-electron chi connectivity index (χ3n) is 7.59. The first kappa shape index (κ1) is 44.2. The smallest absolute Gasteiger partial charge is 0.407 e. The first-order chi connectivity index (χ1) is 27.3. The molecule has 56 heavy (non-hydrogen) atoms. The molecular formula is C42H52N2O12. The van der Waals surface area contributed by atoms with Crippen LogP contribution in [0.2, 0.25) is 0 Å². The van der Waals surface area contributed by atoms with Crippen molar-refractivity contribution in [2.45, 2.75) is 50.7 Å². The molecule has 3 aromatic carbocycles. The second-order valence-corrected chi connectivity index (χ2v) is 12.1. The maximum absolute atomic E-state index is 12.6. The van der Waals surface area contributed by atoms with Gasteiger partial charge in [0.05, 0.1) is 13.2 Å². The summed E-state index contributed by atoms with van der Waals surface area (Å²) in [7, 11) is 0. The Bertz CT molecular complexity index is 1490. The van der Waals surface area contributed by atoms with Crippen LogP contribution in [0.1, 0.15) is 38.5 Å².